The minimum absolute atomic E-state index is 0. The third kappa shape index (κ3) is 5.76. The van der Waals surface area contributed by atoms with Gasteiger partial charge in [0.2, 0.25) is 5.91 Å². The lowest BCUT2D eigenvalue weighted by atomic mass is 9.90. The Bertz CT molecular complexity index is 481. The molecule has 0 aliphatic carbocycles. The first kappa shape index (κ1) is 19.2. The lowest BCUT2D eigenvalue weighted by Gasteiger charge is -2.33. The van der Waals surface area contributed by atoms with Gasteiger partial charge in [0.25, 0.3) is 0 Å². The van der Waals surface area contributed by atoms with Crippen molar-refractivity contribution in [3.8, 4) is 0 Å². The second-order valence-electron chi connectivity index (χ2n) is 6.89. The molecule has 4 nitrogen and oxygen atoms in total. The maximum absolute atomic E-state index is 12.5. The first-order valence-electron chi connectivity index (χ1n) is 9.06. The Morgan fingerprint density at radius 2 is 1.79 bits per heavy atom. The van der Waals surface area contributed by atoms with E-state index in [2.05, 4.69) is 45.4 Å². The van der Waals surface area contributed by atoms with E-state index in [-0.39, 0.29) is 12.4 Å². The maximum Gasteiger partial charge on any atom is 0.236 e. The van der Waals surface area contributed by atoms with Crippen molar-refractivity contribution in [1.29, 1.82) is 0 Å². The van der Waals surface area contributed by atoms with Crippen LogP contribution in [0.25, 0.3) is 0 Å². The number of piperidine rings is 1. The SMILES string of the molecule is Cl.O=C(CN1CCCNCC1)N1CCC(Cc2ccccc2)CC1. The summed E-state index contributed by atoms with van der Waals surface area (Å²) in [5.41, 5.74) is 1.43. The van der Waals surface area contributed by atoms with E-state index in [1.807, 2.05) is 0 Å². The zero-order chi connectivity index (χ0) is 15.9. The smallest absolute Gasteiger partial charge is 0.236 e. The van der Waals surface area contributed by atoms with Crippen molar-refractivity contribution in [3.63, 3.8) is 0 Å². The summed E-state index contributed by atoms with van der Waals surface area (Å²) in [6.45, 7) is 6.59. The summed E-state index contributed by atoms with van der Waals surface area (Å²) in [4.78, 5) is 16.9. The second-order valence-corrected chi connectivity index (χ2v) is 6.89. The predicted molar refractivity (Wildman–Crippen MR) is 101 cm³/mol. The number of hydrogen-bond donors (Lipinski definition) is 1. The van der Waals surface area contributed by atoms with E-state index in [1.54, 1.807) is 0 Å². The summed E-state index contributed by atoms with van der Waals surface area (Å²) in [6.07, 6.45) is 4.58. The lowest BCUT2D eigenvalue weighted by molar-refractivity contribution is -0.133. The van der Waals surface area contributed by atoms with Crippen LogP contribution < -0.4 is 5.32 Å². The number of halogens is 1. The molecule has 1 aromatic rings. The van der Waals surface area contributed by atoms with Crippen LogP contribution in [0.2, 0.25) is 0 Å². The number of carbonyl (C=O) groups excluding carboxylic acids is 1. The number of nitrogens with one attached hydrogen (secondary N) is 1. The molecule has 134 valence electrons. The Morgan fingerprint density at radius 1 is 1.04 bits per heavy atom. The van der Waals surface area contributed by atoms with Crippen molar-refractivity contribution in [2.75, 3.05) is 45.8 Å². The van der Waals surface area contributed by atoms with Gasteiger partial charge in [0, 0.05) is 26.2 Å². The Morgan fingerprint density at radius 3 is 2.54 bits per heavy atom. The third-order valence-electron chi connectivity index (χ3n) is 5.13. The molecule has 1 aromatic carbocycles. The third-order valence-corrected chi connectivity index (χ3v) is 5.13. The van der Waals surface area contributed by atoms with E-state index in [4.69, 9.17) is 0 Å². The molecular weight excluding hydrogens is 322 g/mol. The molecule has 0 aromatic heterocycles. The standard InChI is InChI=1S/C19H29N3O.ClH/c23-19(16-21-11-4-9-20-10-14-21)22-12-7-18(8-13-22)15-17-5-2-1-3-6-17;/h1-3,5-6,18,20H,4,7-16H2;1H. The topological polar surface area (TPSA) is 35.6 Å². The van der Waals surface area contributed by atoms with Crippen molar-refractivity contribution in [1.82, 2.24) is 15.1 Å². The van der Waals surface area contributed by atoms with Crippen LogP contribution in [0, 0.1) is 5.92 Å². The number of nitrogens with zero attached hydrogens (tertiary/aromatic N) is 2. The molecule has 0 bridgehead atoms. The molecule has 0 radical (unpaired) electrons. The summed E-state index contributed by atoms with van der Waals surface area (Å²) in [7, 11) is 0. The largest absolute Gasteiger partial charge is 0.342 e. The summed E-state index contributed by atoms with van der Waals surface area (Å²) >= 11 is 0. The summed E-state index contributed by atoms with van der Waals surface area (Å²) in [5.74, 6) is 1.05. The van der Waals surface area contributed by atoms with Crippen molar-refractivity contribution >= 4 is 18.3 Å². The molecule has 3 rings (SSSR count). The number of amides is 1. The minimum atomic E-state index is 0. The zero-order valence-corrected chi connectivity index (χ0v) is 15.3. The Balaban J connectivity index is 0.00000208. The van der Waals surface area contributed by atoms with Crippen LogP contribution in [0.4, 0.5) is 0 Å². The van der Waals surface area contributed by atoms with E-state index >= 15 is 0 Å². The fraction of sp³-hybridized carbons (Fsp3) is 0.632. The highest BCUT2D eigenvalue weighted by Crippen LogP contribution is 2.21. The fourth-order valence-corrected chi connectivity index (χ4v) is 3.68. The molecule has 0 atom stereocenters. The monoisotopic (exact) mass is 351 g/mol. The molecule has 2 fully saturated rings. The number of carbonyl (C=O) groups is 1. The van der Waals surface area contributed by atoms with E-state index < -0.39 is 0 Å². The Labute approximate surface area is 152 Å². The van der Waals surface area contributed by atoms with Crippen LogP contribution >= 0.6 is 12.4 Å². The average Bonchev–Trinajstić information content (AvgIpc) is 2.85. The van der Waals surface area contributed by atoms with E-state index in [0.29, 0.717) is 12.5 Å². The van der Waals surface area contributed by atoms with Crippen LogP contribution in [0.1, 0.15) is 24.8 Å². The highest BCUT2D eigenvalue weighted by atomic mass is 35.5. The highest BCUT2D eigenvalue weighted by molar-refractivity contribution is 5.85. The van der Waals surface area contributed by atoms with E-state index in [1.165, 1.54) is 5.56 Å². The Kier molecular flexibility index (Phi) is 8.03. The molecule has 0 spiro atoms. The summed E-state index contributed by atoms with van der Waals surface area (Å²) in [6, 6.07) is 10.7. The normalized spacial score (nSPS) is 20.2. The summed E-state index contributed by atoms with van der Waals surface area (Å²) in [5, 5.41) is 3.39. The number of likely N-dealkylation sites (tertiary alicyclic amines) is 1. The molecule has 2 aliphatic rings. The molecule has 5 heteroatoms. The molecule has 1 N–H and O–H groups in total. The van der Waals surface area contributed by atoms with Crippen LogP contribution in [-0.4, -0.2) is 61.5 Å². The number of rotatable bonds is 4. The fourth-order valence-electron chi connectivity index (χ4n) is 3.68. The van der Waals surface area contributed by atoms with Crippen LogP contribution in [0.15, 0.2) is 30.3 Å². The lowest BCUT2D eigenvalue weighted by Crippen LogP contribution is -2.45. The molecule has 24 heavy (non-hydrogen) atoms. The van der Waals surface area contributed by atoms with Gasteiger partial charge in [-0.05, 0) is 50.3 Å². The van der Waals surface area contributed by atoms with Crippen molar-refractivity contribution < 1.29 is 4.79 Å². The van der Waals surface area contributed by atoms with Gasteiger partial charge in [-0.25, -0.2) is 0 Å². The average molecular weight is 352 g/mol. The zero-order valence-electron chi connectivity index (χ0n) is 14.5. The minimum Gasteiger partial charge on any atom is -0.342 e. The molecule has 2 saturated heterocycles. The van der Waals surface area contributed by atoms with Gasteiger partial charge in [-0.15, -0.1) is 12.4 Å². The predicted octanol–water partition coefficient (Wildman–Crippen LogP) is 2.18. The van der Waals surface area contributed by atoms with E-state index in [0.717, 1.165) is 70.9 Å². The van der Waals surface area contributed by atoms with Gasteiger partial charge in [-0.2, -0.15) is 0 Å². The van der Waals surface area contributed by atoms with Gasteiger partial charge in [0.15, 0.2) is 0 Å². The first-order chi connectivity index (χ1) is 11.3. The van der Waals surface area contributed by atoms with E-state index in [9.17, 15) is 4.79 Å². The van der Waals surface area contributed by atoms with Crippen molar-refractivity contribution in [2.24, 2.45) is 5.92 Å². The van der Waals surface area contributed by atoms with Gasteiger partial charge >= 0.3 is 0 Å². The molecule has 1 amide bonds. The van der Waals surface area contributed by atoms with Crippen molar-refractivity contribution in [3.05, 3.63) is 35.9 Å². The molecule has 0 unspecified atom stereocenters. The van der Waals surface area contributed by atoms with Gasteiger partial charge in [-0.1, -0.05) is 30.3 Å². The number of benzene rings is 1. The maximum atomic E-state index is 12.5. The number of hydrogen-bond acceptors (Lipinski definition) is 3. The van der Waals surface area contributed by atoms with Crippen LogP contribution in [-0.2, 0) is 11.2 Å². The van der Waals surface area contributed by atoms with Gasteiger partial charge in [-0.3, -0.25) is 9.69 Å². The second kappa shape index (κ2) is 10.0. The molecule has 2 aliphatic heterocycles. The van der Waals surface area contributed by atoms with Crippen molar-refractivity contribution in [2.45, 2.75) is 25.7 Å². The van der Waals surface area contributed by atoms with Gasteiger partial charge in [0.05, 0.1) is 6.54 Å². The van der Waals surface area contributed by atoms with Gasteiger partial charge in [0.1, 0.15) is 0 Å². The molecule has 0 saturated carbocycles. The summed E-state index contributed by atoms with van der Waals surface area (Å²) < 4.78 is 0. The van der Waals surface area contributed by atoms with Gasteiger partial charge < -0.3 is 10.2 Å². The van der Waals surface area contributed by atoms with Crippen LogP contribution in [0.3, 0.4) is 0 Å². The molecular formula is C19H30ClN3O. The highest BCUT2D eigenvalue weighted by Gasteiger charge is 2.24. The quantitative estimate of drug-likeness (QED) is 0.903. The Hall–Kier alpha value is -1.10. The molecule has 2 heterocycles. The van der Waals surface area contributed by atoms with Crippen LogP contribution in [0.5, 0.6) is 0 Å². The first-order valence-corrected chi connectivity index (χ1v) is 9.06.